The number of allylic oxidation sites excluding steroid dienone is 1. The monoisotopic (exact) mass is 337 g/mol. The molecule has 0 spiro atoms. The Hall–Kier alpha value is -1.91. The summed E-state index contributed by atoms with van der Waals surface area (Å²) in [6.07, 6.45) is 6.86. The van der Waals surface area contributed by atoms with Gasteiger partial charge in [0.1, 0.15) is 11.5 Å². The summed E-state index contributed by atoms with van der Waals surface area (Å²) in [7, 11) is 2.21. The van der Waals surface area contributed by atoms with Gasteiger partial charge in [0.2, 0.25) is 0 Å². The van der Waals surface area contributed by atoms with Crippen LogP contribution in [0.3, 0.4) is 0 Å². The first-order valence-corrected chi connectivity index (χ1v) is 9.44. The van der Waals surface area contributed by atoms with E-state index in [1.165, 1.54) is 51.1 Å². The number of rotatable bonds is 5. The van der Waals surface area contributed by atoms with Gasteiger partial charge in [0, 0.05) is 43.7 Å². The summed E-state index contributed by atoms with van der Waals surface area (Å²) in [5, 5.41) is 4.33. The molecule has 2 aromatic rings. The third-order valence-electron chi connectivity index (χ3n) is 5.44. The van der Waals surface area contributed by atoms with Gasteiger partial charge in [-0.1, -0.05) is 41.1 Å². The fraction of sp³-hybridized carbons (Fsp3) is 0.476. The van der Waals surface area contributed by atoms with E-state index in [4.69, 9.17) is 4.52 Å². The van der Waals surface area contributed by atoms with Crippen LogP contribution >= 0.6 is 0 Å². The number of nitrogens with zero attached hydrogens (tertiary/aromatic N) is 3. The minimum absolute atomic E-state index is 0.982. The highest BCUT2D eigenvalue weighted by molar-refractivity contribution is 5.74. The number of hydrogen-bond acceptors (Lipinski definition) is 4. The van der Waals surface area contributed by atoms with Crippen molar-refractivity contribution < 1.29 is 4.52 Å². The summed E-state index contributed by atoms with van der Waals surface area (Å²) in [6.45, 7) is 6.04. The van der Waals surface area contributed by atoms with Gasteiger partial charge in [0.25, 0.3) is 0 Å². The zero-order valence-corrected chi connectivity index (χ0v) is 15.1. The summed E-state index contributed by atoms with van der Waals surface area (Å²) in [5.74, 6) is 1.04. The molecule has 1 aliphatic heterocycles. The lowest BCUT2D eigenvalue weighted by Crippen LogP contribution is -2.44. The second-order valence-corrected chi connectivity index (χ2v) is 7.29. The molecule has 4 nitrogen and oxygen atoms in total. The number of piperazine rings is 1. The Balaban J connectivity index is 1.39. The molecule has 1 fully saturated rings. The standard InChI is InChI=1S/C21H27N3O/c1-23-12-14-24(15-13-23)11-5-6-17-9-10-20-19(16-17)21(22-25-20)18-7-3-2-4-8-18/h2-4,7-8,16H,5-6,9-15H2,1H3. The van der Waals surface area contributed by atoms with Gasteiger partial charge in [0.15, 0.2) is 0 Å². The largest absolute Gasteiger partial charge is 0.360 e. The third-order valence-corrected chi connectivity index (χ3v) is 5.44. The van der Waals surface area contributed by atoms with Crippen LogP contribution in [0.1, 0.15) is 30.6 Å². The number of fused-ring (bicyclic) bond motifs is 1. The molecule has 25 heavy (non-hydrogen) atoms. The molecule has 0 saturated carbocycles. The van der Waals surface area contributed by atoms with Crippen LogP contribution < -0.4 is 0 Å². The lowest BCUT2D eigenvalue weighted by molar-refractivity contribution is 0.153. The number of aromatic nitrogens is 1. The van der Waals surface area contributed by atoms with Crippen LogP contribution in [-0.4, -0.2) is 54.7 Å². The summed E-state index contributed by atoms with van der Waals surface area (Å²) in [6, 6.07) is 10.4. The molecule has 0 unspecified atom stereocenters. The summed E-state index contributed by atoms with van der Waals surface area (Å²) < 4.78 is 5.59. The summed E-state index contributed by atoms with van der Waals surface area (Å²) in [5.41, 5.74) is 4.88. The van der Waals surface area contributed by atoms with E-state index in [-0.39, 0.29) is 0 Å². The van der Waals surface area contributed by atoms with Gasteiger partial charge in [0.05, 0.1) is 0 Å². The summed E-state index contributed by atoms with van der Waals surface area (Å²) in [4.78, 5) is 5.02. The molecule has 132 valence electrons. The second kappa shape index (κ2) is 7.54. The summed E-state index contributed by atoms with van der Waals surface area (Å²) >= 11 is 0. The Morgan fingerprint density at radius 1 is 1.04 bits per heavy atom. The molecule has 0 radical (unpaired) electrons. The average Bonchev–Trinajstić information content (AvgIpc) is 3.07. The Bertz CT molecular complexity index is 727. The molecule has 0 N–H and O–H groups in total. The maximum absolute atomic E-state index is 5.59. The SMILES string of the molecule is CN1CCN(CCCC2=Cc3c(-c4ccccc4)noc3CC2)CC1. The van der Waals surface area contributed by atoms with Gasteiger partial charge in [-0.05, 0) is 38.9 Å². The normalized spacial score (nSPS) is 18.8. The first kappa shape index (κ1) is 16.6. The molecule has 0 atom stereocenters. The second-order valence-electron chi connectivity index (χ2n) is 7.29. The fourth-order valence-electron chi connectivity index (χ4n) is 3.81. The smallest absolute Gasteiger partial charge is 0.144 e. The van der Waals surface area contributed by atoms with Gasteiger partial charge >= 0.3 is 0 Å². The van der Waals surface area contributed by atoms with E-state index in [1.54, 1.807) is 5.57 Å². The highest BCUT2D eigenvalue weighted by atomic mass is 16.5. The molecule has 1 aromatic carbocycles. The van der Waals surface area contributed by atoms with E-state index in [9.17, 15) is 0 Å². The quantitative estimate of drug-likeness (QED) is 0.833. The van der Waals surface area contributed by atoms with Crippen molar-refractivity contribution in [1.82, 2.24) is 15.0 Å². The Morgan fingerprint density at radius 2 is 1.84 bits per heavy atom. The van der Waals surface area contributed by atoms with Gasteiger partial charge in [-0.2, -0.15) is 0 Å². The molecule has 2 aliphatic rings. The third kappa shape index (κ3) is 3.86. The van der Waals surface area contributed by atoms with Gasteiger partial charge in [-0.3, -0.25) is 0 Å². The molecule has 1 aliphatic carbocycles. The number of hydrogen-bond donors (Lipinski definition) is 0. The first-order valence-electron chi connectivity index (χ1n) is 9.44. The molecule has 1 aromatic heterocycles. The lowest BCUT2D eigenvalue weighted by atomic mass is 9.92. The Morgan fingerprint density at radius 3 is 2.64 bits per heavy atom. The highest BCUT2D eigenvalue weighted by Gasteiger charge is 2.20. The van der Waals surface area contributed by atoms with Crippen molar-refractivity contribution in [2.24, 2.45) is 0 Å². The van der Waals surface area contributed by atoms with Crippen LogP contribution in [0.15, 0.2) is 40.4 Å². The molecule has 2 heterocycles. The Kier molecular flexibility index (Phi) is 4.99. The number of benzene rings is 1. The van der Waals surface area contributed by atoms with E-state index in [1.807, 2.05) is 6.07 Å². The maximum Gasteiger partial charge on any atom is 0.144 e. The van der Waals surface area contributed by atoms with Crippen LogP contribution in [0.5, 0.6) is 0 Å². The molecular weight excluding hydrogens is 310 g/mol. The van der Waals surface area contributed by atoms with Crippen molar-refractivity contribution >= 4 is 6.08 Å². The predicted octanol–water partition coefficient (Wildman–Crippen LogP) is 3.70. The first-order chi connectivity index (χ1) is 12.3. The van der Waals surface area contributed by atoms with Crippen molar-refractivity contribution in [3.8, 4) is 11.3 Å². The van der Waals surface area contributed by atoms with Gasteiger partial charge < -0.3 is 14.3 Å². The highest BCUT2D eigenvalue weighted by Crippen LogP contribution is 2.33. The van der Waals surface area contributed by atoms with E-state index in [0.717, 1.165) is 29.9 Å². The van der Waals surface area contributed by atoms with Crippen molar-refractivity contribution in [2.75, 3.05) is 39.8 Å². The predicted molar refractivity (Wildman–Crippen MR) is 101 cm³/mol. The van der Waals surface area contributed by atoms with E-state index < -0.39 is 0 Å². The molecule has 4 rings (SSSR count). The lowest BCUT2D eigenvalue weighted by Gasteiger charge is -2.32. The number of likely N-dealkylation sites (N-methyl/N-ethyl adjacent to an activating group) is 1. The zero-order valence-electron chi connectivity index (χ0n) is 15.1. The molecular formula is C21H27N3O. The molecule has 0 amide bonds. The number of aryl methyl sites for hydroxylation is 1. The fourth-order valence-corrected chi connectivity index (χ4v) is 3.81. The molecule has 1 saturated heterocycles. The maximum atomic E-state index is 5.59. The van der Waals surface area contributed by atoms with Crippen molar-refractivity contribution in [3.63, 3.8) is 0 Å². The van der Waals surface area contributed by atoms with E-state index in [2.05, 4.69) is 52.3 Å². The van der Waals surface area contributed by atoms with E-state index in [0.29, 0.717) is 0 Å². The molecule has 4 heteroatoms. The van der Waals surface area contributed by atoms with E-state index >= 15 is 0 Å². The minimum atomic E-state index is 0.982. The van der Waals surface area contributed by atoms with Crippen LogP contribution in [0.2, 0.25) is 0 Å². The van der Waals surface area contributed by atoms with Crippen LogP contribution in [0.25, 0.3) is 17.3 Å². The zero-order chi connectivity index (χ0) is 17.1. The van der Waals surface area contributed by atoms with Crippen molar-refractivity contribution in [3.05, 3.63) is 47.2 Å². The van der Waals surface area contributed by atoms with Gasteiger partial charge in [-0.25, -0.2) is 0 Å². The van der Waals surface area contributed by atoms with Crippen molar-refractivity contribution in [2.45, 2.75) is 25.7 Å². The van der Waals surface area contributed by atoms with Crippen LogP contribution in [0, 0.1) is 0 Å². The Labute approximate surface area is 150 Å². The van der Waals surface area contributed by atoms with Crippen molar-refractivity contribution in [1.29, 1.82) is 0 Å². The van der Waals surface area contributed by atoms with Crippen LogP contribution in [0.4, 0.5) is 0 Å². The topological polar surface area (TPSA) is 32.5 Å². The minimum Gasteiger partial charge on any atom is -0.360 e. The van der Waals surface area contributed by atoms with Crippen LogP contribution in [-0.2, 0) is 6.42 Å². The van der Waals surface area contributed by atoms with Gasteiger partial charge in [-0.15, -0.1) is 0 Å². The molecule has 0 bridgehead atoms. The average molecular weight is 337 g/mol.